The second kappa shape index (κ2) is 31.6. The minimum absolute atomic E-state index is 0.494. The first-order valence-electron chi connectivity index (χ1n) is 13.4. The molecule has 0 atom stereocenters. The first-order valence-corrected chi connectivity index (χ1v) is 13.4. The van der Waals surface area contributed by atoms with Crippen LogP contribution in [0.5, 0.6) is 5.75 Å². The molecule has 0 aliphatic heterocycles. The maximum Gasteiger partial charge on any atom is 0.119 e. The average Bonchev–Trinajstić information content (AvgIpc) is 3.11. The molecule has 0 amide bonds. The molecule has 1 heteroatoms. The van der Waals surface area contributed by atoms with Crippen LogP contribution in [0.15, 0.2) is 24.3 Å². The highest BCUT2D eigenvalue weighted by Crippen LogP contribution is 2.11. The molecule has 0 saturated carbocycles. The van der Waals surface area contributed by atoms with Crippen LogP contribution >= 0.6 is 0 Å². The van der Waals surface area contributed by atoms with Crippen LogP contribution in [0.1, 0.15) is 18.9 Å². The monoisotopic (exact) mass is 606 g/mol. The zero-order chi connectivity index (χ0) is 35.0. The van der Waals surface area contributed by atoms with Gasteiger partial charge in [-0.05, 0) is 121 Å². The molecule has 0 unspecified atom stereocenters. The lowest BCUT2D eigenvalue weighted by Crippen LogP contribution is -1.95. The molecule has 1 nitrogen and oxygen atoms in total. The van der Waals surface area contributed by atoms with E-state index in [0.29, 0.717) is 13.0 Å². The summed E-state index contributed by atoms with van der Waals surface area (Å²) in [7, 11) is 0. The van der Waals surface area contributed by atoms with Crippen molar-refractivity contribution in [2.24, 2.45) is 0 Å². The summed E-state index contributed by atoms with van der Waals surface area (Å²) in [5.74, 6) is 97.5. The Morgan fingerprint density at radius 1 is 0.347 bits per heavy atom. The summed E-state index contributed by atoms with van der Waals surface area (Å²) in [4.78, 5) is 0. The molecule has 0 fully saturated rings. The second-order valence-electron chi connectivity index (χ2n) is 7.34. The third-order valence-corrected chi connectivity index (χ3v) is 3.92. The molecule has 49 heavy (non-hydrogen) atoms. The summed E-state index contributed by atoms with van der Waals surface area (Å²) >= 11 is 0. The van der Waals surface area contributed by atoms with Gasteiger partial charge in [-0.3, -0.25) is 0 Å². The Labute approximate surface area is 291 Å². The van der Waals surface area contributed by atoms with Crippen LogP contribution < -0.4 is 4.74 Å². The number of rotatable bonds is 3. The fourth-order valence-electron chi connectivity index (χ4n) is 2.09. The van der Waals surface area contributed by atoms with Crippen molar-refractivity contribution in [1.82, 2.24) is 0 Å². The Morgan fingerprint density at radius 3 is 0.857 bits per heavy atom. The van der Waals surface area contributed by atoms with E-state index >= 15 is 0 Å². The molecular formula is C48H14O. The van der Waals surface area contributed by atoms with Gasteiger partial charge in [0.2, 0.25) is 0 Å². The number of hydrogen-bond acceptors (Lipinski definition) is 1. The molecule has 212 valence electrons. The second-order valence-corrected chi connectivity index (χ2v) is 7.34. The van der Waals surface area contributed by atoms with Gasteiger partial charge in [-0.25, -0.2) is 0 Å². The zero-order valence-corrected chi connectivity index (χ0v) is 26.1. The van der Waals surface area contributed by atoms with Crippen LogP contribution in [-0.4, -0.2) is 6.61 Å². The lowest BCUT2D eigenvalue weighted by Gasteiger charge is -2.03. The van der Waals surface area contributed by atoms with Crippen molar-refractivity contribution < 1.29 is 4.74 Å². The van der Waals surface area contributed by atoms with Gasteiger partial charge in [0.25, 0.3) is 0 Å². The summed E-state index contributed by atoms with van der Waals surface area (Å²) in [6.45, 7) is 4.21. The van der Waals surface area contributed by atoms with Gasteiger partial charge in [-0.2, -0.15) is 0 Å². The summed E-state index contributed by atoms with van der Waals surface area (Å²) < 4.78 is 5.58. The molecular weight excluding hydrogens is 593 g/mol. The molecule has 0 aliphatic rings. The minimum atomic E-state index is 0.494. The van der Waals surface area contributed by atoms with E-state index in [9.17, 15) is 0 Å². The largest absolute Gasteiger partial charge is 0.493 e. The quantitative estimate of drug-likeness (QED) is 0.380. The molecule has 0 bridgehead atoms. The van der Waals surface area contributed by atoms with Crippen LogP contribution in [0.4, 0.5) is 0 Å². The van der Waals surface area contributed by atoms with Gasteiger partial charge in [-0.15, -0.1) is 0 Å². The van der Waals surface area contributed by atoms with E-state index in [-0.39, 0.29) is 0 Å². The third kappa shape index (κ3) is 28.5. The normalized spacial score (nSPS) is 5.27. The maximum atomic E-state index is 5.58. The van der Waals surface area contributed by atoms with Gasteiger partial charge in [0.1, 0.15) is 5.75 Å². The molecule has 0 saturated heterocycles. The van der Waals surface area contributed by atoms with E-state index < -0.39 is 0 Å². The maximum absolute atomic E-state index is 5.58. The highest BCUT2D eigenvalue weighted by Gasteiger charge is 1.90. The average molecular weight is 607 g/mol. The Kier molecular flexibility index (Phi) is 24.3. The highest BCUT2D eigenvalue weighted by molar-refractivity contribution is 5.49. The van der Waals surface area contributed by atoms with Gasteiger partial charge in [0, 0.05) is 125 Å². The Morgan fingerprint density at radius 2 is 0.592 bits per heavy atom. The summed E-state index contributed by atoms with van der Waals surface area (Å²) in [6.07, 6.45) is 0.568. The highest BCUT2D eigenvalue weighted by atomic mass is 16.5. The standard InChI is InChI=1S/C48H14O/c1-3-4-5-6-7-8-9-10-11-12-13-14-15-16-17-18-19-20-21-22-23-24-25-26-27-28-29-30-31-32-33-34-35-36-37-38-39-40-41-46-49-48-44-42-47(2)43-45-48/h42-45H,41,46H2,1-2H3. The SMILES string of the molecule is CC#CC#CC#CC#CC#CC#CC#CC#CC#CC#CC#CC#CC#CC#CC#CC#CC#CC#CC#CCCOc1ccc(C)cc1. The zero-order valence-electron chi connectivity index (χ0n) is 26.1. The van der Waals surface area contributed by atoms with Crippen molar-refractivity contribution in [3.05, 3.63) is 29.8 Å². The van der Waals surface area contributed by atoms with Crippen molar-refractivity contribution in [3.63, 3.8) is 0 Å². The van der Waals surface area contributed by atoms with Crippen molar-refractivity contribution in [1.29, 1.82) is 0 Å². The fourth-order valence-corrected chi connectivity index (χ4v) is 2.09. The molecule has 0 heterocycles. The Hall–Kier alpha value is -9.34. The third-order valence-electron chi connectivity index (χ3n) is 3.92. The minimum Gasteiger partial charge on any atom is -0.493 e. The molecule has 0 radical (unpaired) electrons. The predicted octanol–water partition coefficient (Wildman–Crippen LogP) is 2.85. The number of hydrogen-bond donors (Lipinski definition) is 0. The van der Waals surface area contributed by atoms with Crippen LogP contribution in [0.2, 0.25) is 0 Å². The van der Waals surface area contributed by atoms with Gasteiger partial charge >= 0.3 is 0 Å². The smallest absolute Gasteiger partial charge is 0.119 e. The van der Waals surface area contributed by atoms with E-state index in [1.54, 1.807) is 6.92 Å². The number of aryl methyl sites for hydroxylation is 1. The molecule has 1 aromatic rings. The number of ether oxygens (including phenoxy) is 1. The van der Waals surface area contributed by atoms with Crippen molar-refractivity contribution >= 4 is 0 Å². The van der Waals surface area contributed by atoms with Gasteiger partial charge in [0.15, 0.2) is 0 Å². The summed E-state index contributed by atoms with van der Waals surface area (Å²) in [6, 6.07) is 7.84. The molecule has 1 rings (SSSR count). The summed E-state index contributed by atoms with van der Waals surface area (Å²) in [5, 5.41) is 0. The van der Waals surface area contributed by atoms with Gasteiger partial charge in [0.05, 0.1) is 6.61 Å². The van der Waals surface area contributed by atoms with E-state index in [1.165, 1.54) is 5.56 Å². The molecule has 0 aliphatic carbocycles. The fraction of sp³-hybridized carbons (Fsp3) is 0.0833. The lowest BCUT2D eigenvalue weighted by atomic mass is 10.2. The van der Waals surface area contributed by atoms with E-state index in [2.05, 4.69) is 225 Å². The van der Waals surface area contributed by atoms with E-state index in [1.807, 2.05) is 31.2 Å². The first-order chi connectivity index (χ1) is 24.3. The Bertz CT molecular complexity index is 2680. The van der Waals surface area contributed by atoms with E-state index in [0.717, 1.165) is 5.75 Å². The van der Waals surface area contributed by atoms with Crippen LogP contribution in [0.3, 0.4) is 0 Å². The van der Waals surface area contributed by atoms with Gasteiger partial charge in [-0.1, -0.05) is 29.5 Å². The van der Waals surface area contributed by atoms with Crippen molar-refractivity contribution in [3.8, 4) is 231 Å². The van der Waals surface area contributed by atoms with Crippen molar-refractivity contribution in [2.75, 3.05) is 6.61 Å². The van der Waals surface area contributed by atoms with Crippen molar-refractivity contribution in [2.45, 2.75) is 20.3 Å². The first kappa shape index (κ1) is 37.7. The molecule has 0 aromatic heterocycles. The lowest BCUT2D eigenvalue weighted by molar-refractivity contribution is 0.327. The Balaban J connectivity index is 2.33. The van der Waals surface area contributed by atoms with Gasteiger partial charge < -0.3 is 4.74 Å². The summed E-state index contributed by atoms with van der Waals surface area (Å²) in [5.41, 5.74) is 1.18. The molecule has 0 N–H and O–H groups in total. The molecule has 0 spiro atoms. The number of benzene rings is 1. The predicted molar refractivity (Wildman–Crippen MR) is 195 cm³/mol. The van der Waals surface area contributed by atoms with Crippen LogP contribution in [0, 0.1) is 232 Å². The topological polar surface area (TPSA) is 9.23 Å². The van der Waals surface area contributed by atoms with Crippen LogP contribution in [0.25, 0.3) is 0 Å². The van der Waals surface area contributed by atoms with E-state index in [4.69, 9.17) is 4.74 Å². The molecule has 1 aromatic carbocycles. The van der Waals surface area contributed by atoms with Crippen LogP contribution in [-0.2, 0) is 0 Å².